The van der Waals surface area contributed by atoms with Crippen LogP contribution in [0.2, 0.25) is 0 Å². The lowest BCUT2D eigenvalue weighted by molar-refractivity contribution is 0.0950. The standard InChI is InChI=1S/C22H26N4O2/c1-15(2)28-22-20(9-6-10-23-22)13-24-21(27)19-8-5-7-18(12-19)14-26-17(4)11-16(3)25-26/h5-12,15H,13-14H2,1-4H3,(H,24,27). The number of carbonyl (C=O) groups is 1. The molecule has 6 heteroatoms. The lowest BCUT2D eigenvalue weighted by atomic mass is 10.1. The quantitative estimate of drug-likeness (QED) is 0.681. The van der Waals surface area contributed by atoms with Crippen molar-refractivity contribution in [2.24, 2.45) is 0 Å². The van der Waals surface area contributed by atoms with Gasteiger partial charge in [0.1, 0.15) is 0 Å². The van der Waals surface area contributed by atoms with Crippen LogP contribution in [0.1, 0.15) is 46.7 Å². The fourth-order valence-corrected chi connectivity index (χ4v) is 2.98. The Labute approximate surface area is 165 Å². The molecule has 2 aromatic heterocycles. The Morgan fingerprint density at radius 3 is 2.71 bits per heavy atom. The van der Waals surface area contributed by atoms with Crippen molar-refractivity contribution in [1.82, 2.24) is 20.1 Å². The molecule has 0 aliphatic rings. The average molecular weight is 378 g/mol. The molecule has 0 unspecified atom stereocenters. The first-order valence-corrected chi connectivity index (χ1v) is 9.41. The zero-order chi connectivity index (χ0) is 20.1. The van der Waals surface area contributed by atoms with Crippen molar-refractivity contribution in [3.05, 3.63) is 76.7 Å². The van der Waals surface area contributed by atoms with Gasteiger partial charge in [-0.15, -0.1) is 0 Å². The van der Waals surface area contributed by atoms with Crippen LogP contribution in [0.15, 0.2) is 48.7 Å². The summed E-state index contributed by atoms with van der Waals surface area (Å²) in [4.78, 5) is 16.9. The first-order valence-electron chi connectivity index (χ1n) is 9.41. The molecule has 0 fully saturated rings. The minimum Gasteiger partial charge on any atom is -0.475 e. The predicted octanol–water partition coefficient (Wildman–Crippen LogP) is 3.66. The molecule has 0 bridgehead atoms. The number of aryl methyl sites for hydroxylation is 2. The largest absolute Gasteiger partial charge is 0.475 e. The number of rotatable bonds is 7. The molecule has 0 aliphatic heterocycles. The Hall–Kier alpha value is -3.15. The molecular formula is C22H26N4O2. The number of nitrogens with one attached hydrogen (secondary N) is 1. The first kappa shape index (κ1) is 19.6. The van der Waals surface area contributed by atoms with Gasteiger partial charge in [-0.3, -0.25) is 9.48 Å². The number of hydrogen-bond acceptors (Lipinski definition) is 4. The molecule has 0 aliphatic carbocycles. The Balaban J connectivity index is 1.68. The van der Waals surface area contributed by atoms with Gasteiger partial charge in [-0.1, -0.05) is 18.2 Å². The van der Waals surface area contributed by atoms with Crippen molar-refractivity contribution < 1.29 is 9.53 Å². The number of carbonyl (C=O) groups excluding carboxylic acids is 1. The third kappa shape index (κ3) is 4.97. The second kappa shape index (κ2) is 8.69. The van der Waals surface area contributed by atoms with Crippen molar-refractivity contribution in [1.29, 1.82) is 0 Å². The highest BCUT2D eigenvalue weighted by molar-refractivity contribution is 5.94. The van der Waals surface area contributed by atoms with Crippen LogP contribution < -0.4 is 10.1 Å². The zero-order valence-corrected chi connectivity index (χ0v) is 16.8. The lowest BCUT2D eigenvalue weighted by Crippen LogP contribution is -2.23. The number of benzene rings is 1. The zero-order valence-electron chi connectivity index (χ0n) is 16.8. The normalized spacial score (nSPS) is 10.9. The Morgan fingerprint density at radius 1 is 1.18 bits per heavy atom. The highest BCUT2D eigenvalue weighted by Gasteiger charge is 2.11. The molecule has 1 amide bonds. The molecule has 146 valence electrons. The van der Waals surface area contributed by atoms with E-state index >= 15 is 0 Å². The van der Waals surface area contributed by atoms with Gasteiger partial charge in [-0.25, -0.2) is 4.98 Å². The summed E-state index contributed by atoms with van der Waals surface area (Å²) in [6.45, 7) is 8.90. The fourth-order valence-electron chi connectivity index (χ4n) is 2.98. The van der Waals surface area contributed by atoms with Crippen LogP contribution in [0.4, 0.5) is 0 Å². The molecule has 28 heavy (non-hydrogen) atoms. The van der Waals surface area contributed by atoms with E-state index in [1.54, 1.807) is 6.20 Å². The predicted molar refractivity (Wildman–Crippen MR) is 108 cm³/mol. The molecule has 0 spiro atoms. The van der Waals surface area contributed by atoms with Crippen molar-refractivity contribution in [2.45, 2.75) is 46.9 Å². The minimum atomic E-state index is -0.130. The number of ether oxygens (including phenoxy) is 1. The second-order valence-electron chi connectivity index (χ2n) is 7.10. The van der Waals surface area contributed by atoms with E-state index in [9.17, 15) is 4.79 Å². The molecule has 1 aromatic carbocycles. The SMILES string of the molecule is Cc1cc(C)n(Cc2cccc(C(=O)NCc3cccnc3OC(C)C)c2)n1. The van der Waals surface area contributed by atoms with E-state index in [-0.39, 0.29) is 12.0 Å². The summed E-state index contributed by atoms with van der Waals surface area (Å²) in [6.07, 6.45) is 1.71. The Morgan fingerprint density at radius 2 is 2.00 bits per heavy atom. The van der Waals surface area contributed by atoms with E-state index < -0.39 is 0 Å². The van der Waals surface area contributed by atoms with Crippen molar-refractivity contribution in [3.63, 3.8) is 0 Å². The fraction of sp³-hybridized carbons (Fsp3) is 0.318. The highest BCUT2D eigenvalue weighted by atomic mass is 16.5. The number of pyridine rings is 1. The van der Waals surface area contributed by atoms with Crippen molar-refractivity contribution in [3.8, 4) is 5.88 Å². The molecule has 3 rings (SSSR count). The molecule has 3 aromatic rings. The monoisotopic (exact) mass is 378 g/mol. The van der Waals surface area contributed by atoms with Crippen molar-refractivity contribution >= 4 is 5.91 Å². The molecule has 0 saturated carbocycles. The number of aromatic nitrogens is 3. The van der Waals surface area contributed by atoms with E-state index in [0.717, 1.165) is 22.5 Å². The van der Waals surface area contributed by atoms with Crippen molar-refractivity contribution in [2.75, 3.05) is 0 Å². The lowest BCUT2D eigenvalue weighted by Gasteiger charge is -2.13. The summed E-state index contributed by atoms with van der Waals surface area (Å²) in [5, 5.41) is 7.44. The van der Waals surface area contributed by atoms with Crippen LogP contribution in [-0.4, -0.2) is 26.8 Å². The summed E-state index contributed by atoms with van der Waals surface area (Å²) < 4.78 is 7.65. The van der Waals surface area contributed by atoms with E-state index in [0.29, 0.717) is 24.5 Å². The summed E-state index contributed by atoms with van der Waals surface area (Å²) in [7, 11) is 0. The third-order valence-electron chi connectivity index (χ3n) is 4.26. The number of nitrogens with zero attached hydrogens (tertiary/aromatic N) is 3. The smallest absolute Gasteiger partial charge is 0.251 e. The van der Waals surface area contributed by atoms with Crippen LogP contribution in [0, 0.1) is 13.8 Å². The minimum absolute atomic E-state index is 0.0235. The Kier molecular flexibility index (Phi) is 6.09. The maximum Gasteiger partial charge on any atom is 0.251 e. The second-order valence-corrected chi connectivity index (χ2v) is 7.10. The van der Waals surface area contributed by atoms with Gasteiger partial charge in [0.05, 0.1) is 18.3 Å². The summed E-state index contributed by atoms with van der Waals surface area (Å²) in [5.41, 5.74) is 4.59. The summed E-state index contributed by atoms with van der Waals surface area (Å²) in [5.74, 6) is 0.422. The molecule has 0 radical (unpaired) electrons. The molecule has 2 heterocycles. The van der Waals surface area contributed by atoms with Crippen LogP contribution in [0.3, 0.4) is 0 Å². The van der Waals surface area contributed by atoms with Gasteiger partial charge in [0, 0.05) is 29.6 Å². The van der Waals surface area contributed by atoms with Crippen LogP contribution in [0.25, 0.3) is 0 Å². The topological polar surface area (TPSA) is 69.0 Å². The van der Waals surface area contributed by atoms with E-state index in [1.165, 1.54) is 0 Å². The van der Waals surface area contributed by atoms with E-state index in [4.69, 9.17) is 4.74 Å². The summed E-state index contributed by atoms with van der Waals surface area (Å²) in [6, 6.07) is 13.4. The molecule has 1 N–H and O–H groups in total. The van der Waals surface area contributed by atoms with Gasteiger partial charge >= 0.3 is 0 Å². The van der Waals surface area contributed by atoms with Gasteiger partial charge in [0.25, 0.3) is 5.91 Å². The maximum atomic E-state index is 12.6. The van der Waals surface area contributed by atoms with Crippen LogP contribution in [0.5, 0.6) is 5.88 Å². The maximum absolute atomic E-state index is 12.6. The average Bonchev–Trinajstić information content (AvgIpc) is 2.97. The first-order chi connectivity index (χ1) is 13.4. The van der Waals surface area contributed by atoms with Gasteiger partial charge in [0.15, 0.2) is 0 Å². The van der Waals surface area contributed by atoms with E-state index in [1.807, 2.05) is 74.8 Å². The molecule has 0 saturated heterocycles. The summed E-state index contributed by atoms with van der Waals surface area (Å²) >= 11 is 0. The van der Waals surface area contributed by atoms with E-state index in [2.05, 4.69) is 15.4 Å². The number of amides is 1. The van der Waals surface area contributed by atoms with Crippen LogP contribution in [-0.2, 0) is 13.1 Å². The van der Waals surface area contributed by atoms with Gasteiger partial charge < -0.3 is 10.1 Å². The van der Waals surface area contributed by atoms with Gasteiger partial charge in [-0.05, 0) is 57.5 Å². The highest BCUT2D eigenvalue weighted by Crippen LogP contribution is 2.16. The number of hydrogen-bond donors (Lipinski definition) is 1. The Bertz CT molecular complexity index is 963. The molecule has 0 atom stereocenters. The molecular weight excluding hydrogens is 352 g/mol. The van der Waals surface area contributed by atoms with Gasteiger partial charge in [0.2, 0.25) is 5.88 Å². The third-order valence-corrected chi connectivity index (χ3v) is 4.26. The molecule has 6 nitrogen and oxygen atoms in total. The van der Waals surface area contributed by atoms with Gasteiger partial charge in [-0.2, -0.15) is 5.10 Å². The van der Waals surface area contributed by atoms with Crippen LogP contribution >= 0.6 is 0 Å².